The van der Waals surface area contributed by atoms with Crippen LogP contribution in [0.4, 0.5) is 11.4 Å². The molecule has 192 valence electrons. The number of hydroxylamine groups is 2. The molecule has 0 unspecified atom stereocenters. The van der Waals surface area contributed by atoms with Gasteiger partial charge in [-0.2, -0.15) is 0 Å². The van der Waals surface area contributed by atoms with E-state index in [0.29, 0.717) is 11.4 Å². The lowest BCUT2D eigenvalue weighted by molar-refractivity contribution is 0.0985. The van der Waals surface area contributed by atoms with Crippen molar-refractivity contribution >= 4 is 32.9 Å². The monoisotopic (exact) mass is 502 g/mol. The van der Waals surface area contributed by atoms with E-state index in [1.54, 1.807) is 6.07 Å². The molecule has 5 aromatic carbocycles. The van der Waals surface area contributed by atoms with Crippen LogP contribution in [0.15, 0.2) is 97.1 Å². The van der Waals surface area contributed by atoms with Crippen molar-refractivity contribution in [3.63, 3.8) is 0 Å². The summed E-state index contributed by atoms with van der Waals surface area (Å²) in [4.78, 5) is 0. The van der Waals surface area contributed by atoms with Crippen LogP contribution in [0.5, 0.6) is 0 Å². The van der Waals surface area contributed by atoms with Crippen molar-refractivity contribution in [2.45, 2.75) is 52.6 Å². The van der Waals surface area contributed by atoms with Crippen LogP contribution in [0, 0.1) is 0 Å². The third kappa shape index (κ3) is 4.62. The second-order valence-corrected chi connectivity index (χ2v) is 11.9. The van der Waals surface area contributed by atoms with Crippen LogP contribution in [0.1, 0.15) is 41.5 Å². The molecule has 0 saturated carbocycles. The highest BCUT2D eigenvalue weighted by molar-refractivity contribution is 6.21. The summed E-state index contributed by atoms with van der Waals surface area (Å²) in [5, 5.41) is 33.3. The molecule has 0 aromatic heterocycles. The fourth-order valence-corrected chi connectivity index (χ4v) is 5.10. The van der Waals surface area contributed by atoms with E-state index < -0.39 is 11.1 Å². The second-order valence-electron chi connectivity index (χ2n) is 11.9. The zero-order valence-electron chi connectivity index (χ0n) is 22.9. The van der Waals surface area contributed by atoms with E-state index in [2.05, 4.69) is 60.7 Å². The van der Waals surface area contributed by atoms with Crippen LogP contribution in [-0.4, -0.2) is 11.1 Å². The molecule has 0 aliphatic carbocycles. The third-order valence-corrected chi connectivity index (χ3v) is 6.87. The van der Waals surface area contributed by atoms with Gasteiger partial charge in [-0.3, -0.25) is 0 Å². The average molecular weight is 503 g/mol. The van der Waals surface area contributed by atoms with Crippen molar-refractivity contribution in [1.29, 1.82) is 0 Å². The summed E-state index contributed by atoms with van der Waals surface area (Å²) >= 11 is 0. The van der Waals surface area contributed by atoms with Crippen molar-refractivity contribution in [3.8, 4) is 22.3 Å². The lowest BCUT2D eigenvalue weighted by Crippen LogP contribution is -2.39. The molecular formula is C34H34N2O2. The van der Waals surface area contributed by atoms with Gasteiger partial charge in [0.15, 0.2) is 0 Å². The van der Waals surface area contributed by atoms with E-state index in [9.17, 15) is 10.4 Å². The molecular weight excluding hydrogens is 468 g/mol. The van der Waals surface area contributed by atoms with Gasteiger partial charge in [-0.15, -0.1) is 0 Å². The maximum absolute atomic E-state index is 13.4. The zero-order valence-corrected chi connectivity index (χ0v) is 22.9. The van der Waals surface area contributed by atoms with Gasteiger partial charge in [-0.05, 0) is 104 Å². The van der Waals surface area contributed by atoms with E-state index in [1.807, 2.05) is 71.9 Å². The second kappa shape index (κ2) is 9.46. The molecule has 2 radical (unpaired) electrons. The van der Waals surface area contributed by atoms with Crippen molar-refractivity contribution in [1.82, 2.24) is 0 Å². The maximum atomic E-state index is 13.4. The fourth-order valence-electron chi connectivity index (χ4n) is 5.10. The molecule has 0 bridgehead atoms. The first-order valence-electron chi connectivity index (χ1n) is 13.1. The molecule has 5 rings (SSSR count). The Morgan fingerprint density at radius 2 is 0.789 bits per heavy atom. The summed E-state index contributed by atoms with van der Waals surface area (Å²) in [6, 6.07) is 32.8. The Labute approximate surface area is 225 Å². The van der Waals surface area contributed by atoms with Gasteiger partial charge in [-0.25, -0.2) is 10.1 Å². The summed E-state index contributed by atoms with van der Waals surface area (Å²) in [5.74, 6) is 0. The number of rotatable bonds is 4. The van der Waals surface area contributed by atoms with Gasteiger partial charge in [0.25, 0.3) is 0 Å². The SMILES string of the molecule is CC(C)(C)N([O])c1cc(-c2c3ccccc3c(-c3ccccc3)c3ccccc23)cc(N([O])C(C)(C)C)c1. The van der Waals surface area contributed by atoms with Gasteiger partial charge < -0.3 is 0 Å². The van der Waals surface area contributed by atoms with Crippen molar-refractivity contribution in [2.24, 2.45) is 0 Å². The Hall–Kier alpha value is -3.86. The smallest absolute Gasteiger partial charge is 0.0701 e. The average Bonchev–Trinajstić information content (AvgIpc) is 2.89. The standard InChI is InChI=1S/C34H34N2O2/c1-33(2,3)35(37)25-20-24(21-26(22-25)36(38)34(4,5)6)32-29-18-12-10-16-27(29)31(23-14-8-7-9-15-23)28-17-11-13-19-30(28)32/h7-22H,1-6H3. The third-order valence-electron chi connectivity index (χ3n) is 6.87. The topological polar surface area (TPSA) is 46.3 Å². The van der Waals surface area contributed by atoms with Crippen LogP contribution >= 0.6 is 0 Å². The normalized spacial score (nSPS) is 12.2. The highest BCUT2D eigenvalue weighted by Gasteiger charge is 2.27. The lowest BCUT2D eigenvalue weighted by Gasteiger charge is -2.32. The van der Waals surface area contributed by atoms with Crippen molar-refractivity contribution < 1.29 is 10.4 Å². The number of nitrogens with zero attached hydrogens (tertiary/aromatic N) is 2. The Bertz CT molecular complexity index is 1520. The van der Waals surface area contributed by atoms with Crippen LogP contribution in [0.25, 0.3) is 43.8 Å². The predicted octanol–water partition coefficient (Wildman–Crippen LogP) is 9.23. The van der Waals surface area contributed by atoms with Gasteiger partial charge >= 0.3 is 0 Å². The lowest BCUT2D eigenvalue weighted by atomic mass is 9.85. The van der Waals surface area contributed by atoms with Gasteiger partial charge in [0, 0.05) is 0 Å². The van der Waals surface area contributed by atoms with Crippen LogP contribution in [0.2, 0.25) is 0 Å². The number of hydrogen-bond donors (Lipinski definition) is 0. The van der Waals surface area contributed by atoms with Crippen molar-refractivity contribution in [2.75, 3.05) is 10.1 Å². The van der Waals surface area contributed by atoms with Crippen LogP contribution in [0.3, 0.4) is 0 Å². The molecule has 38 heavy (non-hydrogen) atoms. The molecule has 0 N–H and O–H groups in total. The van der Waals surface area contributed by atoms with Crippen LogP contribution < -0.4 is 10.1 Å². The molecule has 0 spiro atoms. The molecule has 5 aromatic rings. The molecule has 0 heterocycles. The van der Waals surface area contributed by atoms with Gasteiger partial charge in [0.1, 0.15) is 0 Å². The first kappa shape index (κ1) is 25.8. The molecule has 4 heteroatoms. The summed E-state index contributed by atoms with van der Waals surface area (Å²) < 4.78 is 0. The predicted molar refractivity (Wildman–Crippen MR) is 158 cm³/mol. The minimum atomic E-state index is -0.660. The maximum Gasteiger partial charge on any atom is 0.0701 e. The molecule has 0 aliphatic heterocycles. The Morgan fingerprint density at radius 1 is 0.447 bits per heavy atom. The largest absolute Gasteiger partial charge is 0.215 e. The highest BCUT2D eigenvalue weighted by atomic mass is 16.5. The first-order chi connectivity index (χ1) is 18.0. The van der Waals surface area contributed by atoms with Gasteiger partial charge in [0.2, 0.25) is 0 Å². The van der Waals surface area contributed by atoms with E-state index in [1.165, 1.54) is 5.56 Å². The minimum Gasteiger partial charge on any atom is -0.215 e. The molecule has 0 amide bonds. The summed E-state index contributed by atoms with van der Waals surface area (Å²) in [7, 11) is 0. The fraction of sp³-hybridized carbons (Fsp3) is 0.235. The summed E-state index contributed by atoms with van der Waals surface area (Å²) in [5.41, 5.74) is 3.81. The van der Waals surface area contributed by atoms with Gasteiger partial charge in [0.05, 0.1) is 22.5 Å². The van der Waals surface area contributed by atoms with E-state index in [-0.39, 0.29) is 0 Å². The summed E-state index contributed by atoms with van der Waals surface area (Å²) in [6.45, 7) is 11.3. The first-order valence-corrected chi connectivity index (χ1v) is 13.1. The molecule has 4 nitrogen and oxygen atoms in total. The van der Waals surface area contributed by atoms with Gasteiger partial charge in [-0.1, -0.05) is 89.3 Å². The Balaban J connectivity index is 1.90. The van der Waals surface area contributed by atoms with Crippen molar-refractivity contribution in [3.05, 3.63) is 97.1 Å². The molecule has 0 aliphatic rings. The van der Waals surface area contributed by atoms with E-state index in [0.717, 1.165) is 48.4 Å². The van der Waals surface area contributed by atoms with E-state index >= 15 is 0 Å². The van der Waals surface area contributed by atoms with E-state index in [4.69, 9.17) is 0 Å². The zero-order chi connectivity index (χ0) is 27.2. The molecule has 0 saturated heterocycles. The Kier molecular flexibility index (Phi) is 6.42. The highest BCUT2D eigenvalue weighted by Crippen LogP contribution is 2.45. The molecule has 0 atom stereocenters. The molecule has 0 fully saturated rings. The Morgan fingerprint density at radius 3 is 1.16 bits per heavy atom. The number of fused-ring (bicyclic) bond motifs is 2. The quantitative estimate of drug-likeness (QED) is 0.182. The summed E-state index contributed by atoms with van der Waals surface area (Å²) in [6.07, 6.45) is 0. The number of hydrogen-bond acceptors (Lipinski definition) is 2. The number of anilines is 2. The number of benzene rings is 5. The van der Waals surface area contributed by atoms with Crippen LogP contribution in [-0.2, 0) is 10.4 Å². The minimum absolute atomic E-state index is 0.468.